The highest BCUT2D eigenvalue weighted by atomic mass is 79.9. The molecule has 19 heavy (non-hydrogen) atoms. The van der Waals surface area contributed by atoms with E-state index in [1.807, 2.05) is 43.3 Å². The number of nitrogens with zero attached hydrogens (tertiary/aromatic N) is 1. The van der Waals surface area contributed by atoms with E-state index in [2.05, 4.69) is 26.2 Å². The third kappa shape index (κ3) is 3.89. The van der Waals surface area contributed by atoms with Gasteiger partial charge in [-0.25, -0.2) is 0 Å². The van der Waals surface area contributed by atoms with Gasteiger partial charge < -0.3 is 5.32 Å². The van der Waals surface area contributed by atoms with Crippen LogP contribution in [0.15, 0.2) is 48.8 Å². The van der Waals surface area contributed by atoms with E-state index in [0.29, 0.717) is 12.1 Å². The Bertz CT molecular complexity index is 557. The Morgan fingerprint density at radius 1 is 1.32 bits per heavy atom. The van der Waals surface area contributed by atoms with Crippen molar-refractivity contribution in [3.63, 3.8) is 0 Å². The van der Waals surface area contributed by atoms with Gasteiger partial charge in [0.05, 0.1) is 10.4 Å². The summed E-state index contributed by atoms with van der Waals surface area (Å²) < 4.78 is 0. The zero-order chi connectivity index (χ0) is 13.7. The first-order valence-electron chi connectivity index (χ1n) is 6.05. The van der Waals surface area contributed by atoms with Crippen molar-refractivity contribution in [1.29, 1.82) is 0 Å². The molecule has 0 spiro atoms. The van der Waals surface area contributed by atoms with Crippen molar-refractivity contribution in [2.75, 3.05) is 6.54 Å². The first-order valence-corrected chi connectivity index (χ1v) is 6.97. The molecule has 1 heterocycles. The molecule has 1 unspecified atom stereocenters. The number of hydrogen-bond donors (Lipinski definition) is 1. The number of amides is 1. The summed E-state index contributed by atoms with van der Waals surface area (Å²) >= 11 is 3.57. The van der Waals surface area contributed by atoms with Crippen LogP contribution in [0.2, 0.25) is 0 Å². The fourth-order valence-corrected chi connectivity index (χ4v) is 2.21. The van der Waals surface area contributed by atoms with Crippen molar-refractivity contribution in [1.82, 2.24) is 10.3 Å². The van der Waals surface area contributed by atoms with Gasteiger partial charge in [-0.2, -0.15) is 0 Å². The molecule has 4 heteroatoms. The second kappa shape index (κ2) is 6.48. The Morgan fingerprint density at radius 3 is 2.74 bits per heavy atom. The minimum atomic E-state index is -0.100. The lowest BCUT2D eigenvalue weighted by Crippen LogP contribution is -2.26. The number of aromatic nitrogens is 1. The van der Waals surface area contributed by atoms with Crippen molar-refractivity contribution in [3.05, 3.63) is 65.5 Å². The molecule has 0 aliphatic carbocycles. The van der Waals surface area contributed by atoms with Crippen molar-refractivity contribution in [3.8, 4) is 0 Å². The number of rotatable bonds is 4. The highest BCUT2D eigenvalue weighted by Crippen LogP contribution is 2.21. The van der Waals surface area contributed by atoms with E-state index in [1.54, 1.807) is 12.4 Å². The third-order valence-corrected chi connectivity index (χ3v) is 3.59. The predicted molar refractivity (Wildman–Crippen MR) is 79.4 cm³/mol. The van der Waals surface area contributed by atoms with Crippen molar-refractivity contribution < 1.29 is 4.79 Å². The molecule has 3 nitrogen and oxygen atoms in total. The Kier molecular flexibility index (Phi) is 4.68. The van der Waals surface area contributed by atoms with Gasteiger partial charge in [-0.1, -0.05) is 46.3 Å². The Morgan fingerprint density at radius 2 is 2.05 bits per heavy atom. The molecule has 0 aliphatic rings. The second-order valence-electron chi connectivity index (χ2n) is 4.34. The molecular weight excluding hydrogens is 304 g/mol. The Balaban J connectivity index is 1.94. The van der Waals surface area contributed by atoms with Crippen LogP contribution >= 0.6 is 15.9 Å². The molecule has 1 amide bonds. The number of pyridine rings is 1. The lowest BCUT2D eigenvalue weighted by atomic mass is 10.1. The van der Waals surface area contributed by atoms with Gasteiger partial charge in [0.15, 0.2) is 0 Å². The standard InChI is InChI=1S/C15H15BrN2O/c1-11-7-13(9-17-8-11)15(19)18-10-14(16)12-5-3-2-4-6-12/h2-9,14H,10H2,1H3,(H,18,19). The van der Waals surface area contributed by atoms with Gasteiger partial charge in [0, 0.05) is 18.9 Å². The lowest BCUT2D eigenvalue weighted by molar-refractivity contribution is 0.0953. The number of halogens is 1. The van der Waals surface area contributed by atoms with Crippen LogP contribution in [0.1, 0.15) is 26.3 Å². The molecule has 0 aliphatic heterocycles. The van der Waals surface area contributed by atoms with Crippen LogP contribution in [-0.2, 0) is 0 Å². The molecule has 0 bridgehead atoms. The van der Waals surface area contributed by atoms with Gasteiger partial charge in [0.25, 0.3) is 5.91 Å². The number of hydrogen-bond acceptors (Lipinski definition) is 2. The van der Waals surface area contributed by atoms with Gasteiger partial charge in [-0.3, -0.25) is 9.78 Å². The minimum Gasteiger partial charge on any atom is -0.351 e. The van der Waals surface area contributed by atoms with Crippen LogP contribution < -0.4 is 5.32 Å². The average molecular weight is 319 g/mol. The van der Waals surface area contributed by atoms with Gasteiger partial charge in [0.1, 0.15) is 0 Å². The zero-order valence-corrected chi connectivity index (χ0v) is 12.2. The maximum atomic E-state index is 12.0. The molecule has 98 valence electrons. The normalized spacial score (nSPS) is 11.9. The van der Waals surface area contributed by atoms with E-state index in [4.69, 9.17) is 0 Å². The summed E-state index contributed by atoms with van der Waals surface area (Å²) in [5.41, 5.74) is 2.71. The molecular formula is C15H15BrN2O. The number of carbonyl (C=O) groups excluding carboxylic acids is 1. The molecule has 1 aromatic carbocycles. The fourth-order valence-electron chi connectivity index (χ4n) is 1.74. The van der Waals surface area contributed by atoms with E-state index in [1.165, 1.54) is 0 Å². The second-order valence-corrected chi connectivity index (χ2v) is 5.44. The topological polar surface area (TPSA) is 42.0 Å². The molecule has 2 rings (SSSR count). The van der Waals surface area contributed by atoms with Crippen LogP contribution in [-0.4, -0.2) is 17.4 Å². The number of nitrogens with one attached hydrogen (secondary N) is 1. The summed E-state index contributed by atoms with van der Waals surface area (Å²) in [5.74, 6) is -0.100. The smallest absolute Gasteiger partial charge is 0.252 e. The van der Waals surface area contributed by atoms with Crippen molar-refractivity contribution in [2.45, 2.75) is 11.8 Å². The van der Waals surface area contributed by atoms with Gasteiger partial charge >= 0.3 is 0 Å². The fraction of sp³-hybridized carbons (Fsp3) is 0.200. The minimum absolute atomic E-state index is 0.100. The van der Waals surface area contributed by atoms with Gasteiger partial charge in [0.2, 0.25) is 0 Å². The quantitative estimate of drug-likeness (QED) is 0.879. The summed E-state index contributed by atoms with van der Waals surface area (Å²) in [6.07, 6.45) is 3.31. The van der Waals surface area contributed by atoms with E-state index in [-0.39, 0.29) is 10.7 Å². The number of carbonyl (C=O) groups is 1. The summed E-state index contributed by atoms with van der Waals surface area (Å²) in [7, 11) is 0. The lowest BCUT2D eigenvalue weighted by Gasteiger charge is -2.11. The number of aryl methyl sites for hydroxylation is 1. The molecule has 0 saturated carbocycles. The largest absolute Gasteiger partial charge is 0.351 e. The maximum absolute atomic E-state index is 12.0. The Hall–Kier alpha value is -1.68. The summed E-state index contributed by atoms with van der Waals surface area (Å²) in [6.45, 7) is 2.46. The summed E-state index contributed by atoms with van der Waals surface area (Å²) in [5, 5.41) is 2.90. The Labute approximate surface area is 121 Å². The third-order valence-electron chi connectivity index (χ3n) is 2.74. The van der Waals surface area contributed by atoms with E-state index in [0.717, 1.165) is 11.1 Å². The van der Waals surface area contributed by atoms with Crippen LogP contribution in [0.4, 0.5) is 0 Å². The van der Waals surface area contributed by atoms with Crippen LogP contribution in [0.25, 0.3) is 0 Å². The van der Waals surface area contributed by atoms with E-state index >= 15 is 0 Å². The molecule has 0 saturated heterocycles. The van der Waals surface area contributed by atoms with Gasteiger partial charge in [-0.15, -0.1) is 0 Å². The van der Waals surface area contributed by atoms with E-state index < -0.39 is 0 Å². The van der Waals surface area contributed by atoms with Gasteiger partial charge in [-0.05, 0) is 24.1 Å². The summed E-state index contributed by atoms with van der Waals surface area (Å²) in [4.78, 5) is 16.1. The zero-order valence-electron chi connectivity index (χ0n) is 10.6. The number of benzene rings is 1. The highest BCUT2D eigenvalue weighted by molar-refractivity contribution is 9.09. The van der Waals surface area contributed by atoms with Crippen LogP contribution in [0, 0.1) is 6.92 Å². The van der Waals surface area contributed by atoms with Crippen LogP contribution in [0.3, 0.4) is 0 Å². The average Bonchev–Trinajstić information content (AvgIpc) is 2.45. The van der Waals surface area contributed by atoms with Crippen LogP contribution in [0.5, 0.6) is 0 Å². The monoisotopic (exact) mass is 318 g/mol. The predicted octanol–water partition coefficient (Wildman–Crippen LogP) is 3.26. The molecule has 1 atom stereocenters. The molecule has 1 N–H and O–H groups in total. The number of alkyl halides is 1. The SMILES string of the molecule is Cc1cncc(C(=O)NCC(Br)c2ccccc2)c1. The maximum Gasteiger partial charge on any atom is 0.252 e. The van der Waals surface area contributed by atoms with Crippen molar-refractivity contribution in [2.24, 2.45) is 0 Å². The first kappa shape index (κ1) is 13.7. The molecule has 0 radical (unpaired) electrons. The van der Waals surface area contributed by atoms with E-state index in [9.17, 15) is 4.79 Å². The molecule has 2 aromatic rings. The highest BCUT2D eigenvalue weighted by Gasteiger charge is 2.10. The first-order chi connectivity index (χ1) is 9.16. The van der Waals surface area contributed by atoms with Crippen molar-refractivity contribution >= 4 is 21.8 Å². The molecule has 1 aromatic heterocycles. The molecule has 0 fully saturated rings. The summed E-state index contributed by atoms with van der Waals surface area (Å²) in [6, 6.07) is 11.8.